The Morgan fingerprint density at radius 1 is 1.25 bits per heavy atom. The summed E-state index contributed by atoms with van der Waals surface area (Å²) in [6.07, 6.45) is 2.84. The number of hydrogen-bond acceptors (Lipinski definition) is 5. The minimum atomic E-state index is -0.418. The molecule has 0 spiro atoms. The van der Waals surface area contributed by atoms with E-state index in [2.05, 4.69) is 23.4 Å². The summed E-state index contributed by atoms with van der Waals surface area (Å²) < 4.78 is 1.38. The van der Waals surface area contributed by atoms with E-state index in [0.29, 0.717) is 27.9 Å². The van der Waals surface area contributed by atoms with Crippen LogP contribution in [0.25, 0.3) is 10.8 Å². The van der Waals surface area contributed by atoms with Gasteiger partial charge in [0.25, 0.3) is 11.5 Å². The van der Waals surface area contributed by atoms with Crippen molar-refractivity contribution in [3.63, 3.8) is 0 Å². The van der Waals surface area contributed by atoms with Crippen molar-refractivity contribution in [2.75, 3.05) is 5.32 Å². The maximum atomic E-state index is 13.0. The summed E-state index contributed by atoms with van der Waals surface area (Å²) in [6, 6.07) is 9.15. The van der Waals surface area contributed by atoms with Gasteiger partial charge in [0, 0.05) is 16.8 Å². The second kappa shape index (κ2) is 8.36. The molecule has 0 unspecified atom stereocenters. The van der Waals surface area contributed by atoms with Crippen molar-refractivity contribution >= 4 is 33.0 Å². The molecule has 0 bridgehead atoms. The minimum absolute atomic E-state index is 0.191. The number of nitrogens with zero attached hydrogens (tertiary/aromatic N) is 3. The maximum absolute atomic E-state index is 13.0. The van der Waals surface area contributed by atoms with Crippen molar-refractivity contribution in [1.82, 2.24) is 9.78 Å². The smallest absolute Gasteiger partial charge is 0.277 e. The first-order chi connectivity index (χ1) is 13.5. The third kappa shape index (κ3) is 3.69. The van der Waals surface area contributed by atoms with Gasteiger partial charge in [0.2, 0.25) is 0 Å². The highest BCUT2D eigenvalue weighted by Crippen LogP contribution is 2.32. The first-order valence-electron chi connectivity index (χ1n) is 9.29. The number of benzene rings is 1. The lowest BCUT2D eigenvalue weighted by molar-refractivity contribution is 0.102. The van der Waals surface area contributed by atoms with E-state index in [1.54, 1.807) is 24.3 Å². The lowest BCUT2D eigenvalue weighted by Crippen LogP contribution is -2.27. The largest absolute Gasteiger partial charge is 0.311 e. The number of hydrogen-bond donors (Lipinski definition) is 1. The number of aryl methyl sites for hydroxylation is 2. The van der Waals surface area contributed by atoms with Gasteiger partial charge in [-0.25, -0.2) is 4.68 Å². The zero-order valence-electron chi connectivity index (χ0n) is 16.2. The SMILES string of the molecule is CCCCCn1nc(C(=O)Nc2sc(C)c(C)c2C#N)c2ccccc2c1=O. The zero-order valence-corrected chi connectivity index (χ0v) is 17.0. The summed E-state index contributed by atoms with van der Waals surface area (Å²) in [4.78, 5) is 26.7. The number of fused-ring (bicyclic) bond motifs is 1. The quantitative estimate of drug-likeness (QED) is 0.628. The van der Waals surface area contributed by atoms with Crippen LogP contribution in [0.1, 0.15) is 52.7 Å². The van der Waals surface area contributed by atoms with Crippen LogP contribution in [0.3, 0.4) is 0 Å². The lowest BCUT2D eigenvalue weighted by atomic mass is 10.1. The fourth-order valence-electron chi connectivity index (χ4n) is 3.08. The van der Waals surface area contributed by atoms with Crippen LogP contribution in [-0.2, 0) is 6.54 Å². The predicted octanol–water partition coefficient (Wildman–Crippen LogP) is 4.39. The molecule has 0 aliphatic carbocycles. The standard InChI is InChI=1S/C21H22N4O2S/c1-4-5-8-11-25-21(27)16-10-7-6-9-15(16)18(24-25)19(26)23-20-17(12-22)13(2)14(3)28-20/h6-7,9-10H,4-5,8,11H2,1-3H3,(H,23,26). The highest BCUT2D eigenvalue weighted by molar-refractivity contribution is 7.16. The second-order valence-electron chi connectivity index (χ2n) is 6.68. The molecule has 0 radical (unpaired) electrons. The van der Waals surface area contributed by atoms with Crippen LogP contribution in [0, 0.1) is 25.2 Å². The van der Waals surface area contributed by atoms with E-state index in [-0.39, 0.29) is 11.3 Å². The summed E-state index contributed by atoms with van der Waals surface area (Å²) in [5, 5.41) is 18.1. The van der Waals surface area contributed by atoms with Crippen LogP contribution in [0.5, 0.6) is 0 Å². The second-order valence-corrected chi connectivity index (χ2v) is 7.91. The molecule has 0 aliphatic heterocycles. The third-order valence-electron chi connectivity index (χ3n) is 4.78. The number of amides is 1. The van der Waals surface area contributed by atoms with Crippen molar-refractivity contribution in [2.45, 2.75) is 46.6 Å². The van der Waals surface area contributed by atoms with Crippen LogP contribution < -0.4 is 10.9 Å². The molecule has 0 atom stereocenters. The summed E-state index contributed by atoms with van der Waals surface area (Å²) in [5.74, 6) is -0.418. The van der Waals surface area contributed by atoms with Gasteiger partial charge in [-0.05, 0) is 31.9 Å². The van der Waals surface area contributed by atoms with Crippen LogP contribution in [0.4, 0.5) is 5.00 Å². The Kier molecular flexibility index (Phi) is 5.90. The Bertz CT molecular complexity index is 1140. The van der Waals surface area contributed by atoms with Crippen LogP contribution >= 0.6 is 11.3 Å². The van der Waals surface area contributed by atoms with Gasteiger partial charge in [0.15, 0.2) is 5.69 Å². The van der Waals surface area contributed by atoms with Crippen LogP contribution in [0.2, 0.25) is 0 Å². The van der Waals surface area contributed by atoms with E-state index in [9.17, 15) is 14.9 Å². The molecule has 3 aromatic rings. The number of thiophene rings is 1. The first-order valence-corrected chi connectivity index (χ1v) is 10.1. The summed E-state index contributed by atoms with van der Waals surface area (Å²) in [6.45, 7) is 6.34. The zero-order chi connectivity index (χ0) is 20.3. The van der Waals surface area contributed by atoms with Gasteiger partial charge >= 0.3 is 0 Å². The van der Waals surface area contributed by atoms with Gasteiger partial charge in [0.05, 0.1) is 10.9 Å². The third-order valence-corrected chi connectivity index (χ3v) is 5.90. The first kappa shape index (κ1) is 19.8. The molecule has 1 N–H and O–H groups in total. The fraction of sp³-hybridized carbons (Fsp3) is 0.333. The Labute approximate surface area is 167 Å². The van der Waals surface area contributed by atoms with Gasteiger partial charge in [-0.3, -0.25) is 9.59 Å². The Morgan fingerprint density at radius 2 is 1.96 bits per heavy atom. The van der Waals surface area contributed by atoms with Crippen LogP contribution in [-0.4, -0.2) is 15.7 Å². The monoisotopic (exact) mass is 394 g/mol. The number of unbranched alkanes of at least 4 members (excludes halogenated alkanes) is 2. The molecule has 0 saturated carbocycles. The van der Waals surface area contributed by atoms with Crippen molar-refractivity contribution in [3.8, 4) is 6.07 Å². The molecule has 7 heteroatoms. The molecular formula is C21H22N4O2S. The number of nitrogens with one attached hydrogen (secondary N) is 1. The number of carbonyl (C=O) groups excluding carboxylic acids is 1. The molecule has 6 nitrogen and oxygen atoms in total. The molecule has 0 aliphatic rings. The normalized spacial score (nSPS) is 10.8. The number of aromatic nitrogens is 2. The summed E-state index contributed by atoms with van der Waals surface area (Å²) in [5.41, 5.74) is 1.34. The lowest BCUT2D eigenvalue weighted by Gasteiger charge is -2.11. The Morgan fingerprint density at radius 3 is 2.64 bits per heavy atom. The minimum Gasteiger partial charge on any atom is -0.311 e. The van der Waals surface area contributed by atoms with E-state index < -0.39 is 5.91 Å². The number of rotatable bonds is 6. The van der Waals surface area contributed by atoms with E-state index in [4.69, 9.17) is 0 Å². The van der Waals surface area contributed by atoms with Gasteiger partial charge in [-0.1, -0.05) is 38.0 Å². The number of nitriles is 1. The molecule has 28 heavy (non-hydrogen) atoms. The highest BCUT2D eigenvalue weighted by Gasteiger charge is 2.20. The molecule has 0 fully saturated rings. The van der Waals surface area contributed by atoms with Gasteiger partial charge in [-0.2, -0.15) is 10.4 Å². The summed E-state index contributed by atoms with van der Waals surface area (Å²) >= 11 is 1.37. The Balaban J connectivity index is 2.05. The van der Waals surface area contributed by atoms with Crippen molar-refractivity contribution in [2.24, 2.45) is 0 Å². The molecule has 1 amide bonds. The van der Waals surface area contributed by atoms with E-state index >= 15 is 0 Å². The van der Waals surface area contributed by atoms with E-state index in [1.807, 2.05) is 13.8 Å². The van der Waals surface area contributed by atoms with Crippen molar-refractivity contribution in [1.29, 1.82) is 5.26 Å². The Hall–Kier alpha value is -2.98. The average molecular weight is 395 g/mol. The topological polar surface area (TPSA) is 87.8 Å². The highest BCUT2D eigenvalue weighted by atomic mass is 32.1. The molecule has 144 valence electrons. The van der Waals surface area contributed by atoms with Crippen molar-refractivity contribution < 1.29 is 4.79 Å². The fourth-order valence-corrected chi connectivity index (χ4v) is 4.08. The summed E-state index contributed by atoms with van der Waals surface area (Å²) in [7, 11) is 0. The molecule has 2 heterocycles. The van der Waals surface area contributed by atoms with E-state index in [1.165, 1.54) is 16.0 Å². The van der Waals surface area contributed by atoms with E-state index in [0.717, 1.165) is 29.7 Å². The average Bonchev–Trinajstić information content (AvgIpc) is 2.96. The van der Waals surface area contributed by atoms with Crippen LogP contribution in [0.15, 0.2) is 29.1 Å². The molecule has 1 aromatic carbocycles. The van der Waals surface area contributed by atoms with Crippen molar-refractivity contribution in [3.05, 3.63) is 56.3 Å². The maximum Gasteiger partial charge on any atom is 0.277 e. The van der Waals surface area contributed by atoms with Gasteiger partial charge in [0.1, 0.15) is 11.1 Å². The molecule has 2 aromatic heterocycles. The number of anilines is 1. The van der Waals surface area contributed by atoms with Gasteiger partial charge < -0.3 is 5.32 Å². The number of carbonyl (C=O) groups is 1. The molecule has 0 saturated heterocycles. The predicted molar refractivity (Wildman–Crippen MR) is 112 cm³/mol. The molecule has 3 rings (SSSR count). The molecular weight excluding hydrogens is 372 g/mol. The van der Waals surface area contributed by atoms with Gasteiger partial charge in [-0.15, -0.1) is 11.3 Å².